The molecule has 0 aliphatic heterocycles. The molecule has 1 aromatic heterocycles. The highest BCUT2D eigenvalue weighted by molar-refractivity contribution is 5.55. The Morgan fingerprint density at radius 3 is 2.50 bits per heavy atom. The fourth-order valence-corrected chi connectivity index (χ4v) is 1.92. The Bertz CT molecular complexity index is 590. The summed E-state index contributed by atoms with van der Waals surface area (Å²) in [6.45, 7) is 1.94. The molecule has 1 heterocycles. The number of rotatable bonds is 5. The van der Waals surface area contributed by atoms with Gasteiger partial charge in [0, 0.05) is 18.0 Å². The van der Waals surface area contributed by atoms with Crippen LogP contribution in [0.15, 0.2) is 36.7 Å². The molecular weight excluding hydrogens is 259 g/mol. The maximum absolute atomic E-state index is 13.2. The SMILES string of the molecule is COc1ccc(NC(C)c2cncc(F)c2)cc1OC. The molecular formula is C15H17FN2O2. The van der Waals surface area contributed by atoms with E-state index in [1.165, 1.54) is 12.3 Å². The standard InChI is InChI=1S/C15H17FN2O2/c1-10(11-6-12(16)9-17-8-11)18-13-4-5-14(19-2)15(7-13)20-3/h4-10,18H,1-3H3. The van der Waals surface area contributed by atoms with Gasteiger partial charge in [-0.15, -0.1) is 0 Å². The summed E-state index contributed by atoms with van der Waals surface area (Å²) in [7, 11) is 3.17. The van der Waals surface area contributed by atoms with E-state index < -0.39 is 0 Å². The molecule has 20 heavy (non-hydrogen) atoms. The first-order chi connectivity index (χ1) is 9.63. The lowest BCUT2D eigenvalue weighted by Crippen LogP contribution is -2.07. The molecule has 2 aromatic rings. The minimum atomic E-state index is -0.344. The van der Waals surface area contributed by atoms with Crippen LogP contribution in [0.1, 0.15) is 18.5 Å². The molecule has 0 bridgehead atoms. The number of aromatic nitrogens is 1. The van der Waals surface area contributed by atoms with E-state index in [1.54, 1.807) is 20.4 Å². The fourth-order valence-electron chi connectivity index (χ4n) is 1.92. The van der Waals surface area contributed by atoms with Gasteiger partial charge in [0.15, 0.2) is 11.5 Å². The van der Waals surface area contributed by atoms with Gasteiger partial charge >= 0.3 is 0 Å². The predicted molar refractivity (Wildman–Crippen MR) is 75.8 cm³/mol. The Morgan fingerprint density at radius 2 is 1.85 bits per heavy atom. The molecule has 0 fully saturated rings. The zero-order valence-corrected chi connectivity index (χ0v) is 11.7. The van der Waals surface area contributed by atoms with E-state index in [9.17, 15) is 4.39 Å². The van der Waals surface area contributed by atoms with Crippen molar-refractivity contribution in [2.45, 2.75) is 13.0 Å². The Labute approximate surface area is 117 Å². The molecule has 1 atom stereocenters. The van der Waals surface area contributed by atoms with E-state index in [4.69, 9.17) is 9.47 Å². The van der Waals surface area contributed by atoms with Gasteiger partial charge < -0.3 is 14.8 Å². The Kier molecular flexibility index (Phi) is 4.40. The monoisotopic (exact) mass is 276 g/mol. The molecule has 0 aliphatic carbocycles. The highest BCUT2D eigenvalue weighted by atomic mass is 19.1. The van der Waals surface area contributed by atoms with Crippen LogP contribution in [-0.2, 0) is 0 Å². The van der Waals surface area contributed by atoms with E-state index in [0.717, 1.165) is 11.3 Å². The number of ether oxygens (including phenoxy) is 2. The Hall–Kier alpha value is -2.30. The van der Waals surface area contributed by atoms with E-state index in [2.05, 4.69) is 10.3 Å². The largest absolute Gasteiger partial charge is 0.493 e. The number of pyridine rings is 1. The predicted octanol–water partition coefficient (Wildman–Crippen LogP) is 3.41. The van der Waals surface area contributed by atoms with Crippen LogP contribution >= 0.6 is 0 Å². The van der Waals surface area contributed by atoms with Crippen LogP contribution in [0.3, 0.4) is 0 Å². The number of benzene rings is 1. The second-order valence-corrected chi connectivity index (χ2v) is 4.37. The van der Waals surface area contributed by atoms with Crippen molar-refractivity contribution in [2.75, 3.05) is 19.5 Å². The molecule has 0 saturated heterocycles. The molecule has 0 spiro atoms. The fraction of sp³-hybridized carbons (Fsp3) is 0.267. The third-order valence-corrected chi connectivity index (χ3v) is 2.99. The number of anilines is 1. The number of nitrogens with one attached hydrogen (secondary N) is 1. The molecule has 1 N–H and O–H groups in total. The van der Waals surface area contributed by atoms with Gasteiger partial charge in [-0.1, -0.05) is 0 Å². The highest BCUT2D eigenvalue weighted by Gasteiger charge is 2.09. The molecule has 4 nitrogen and oxygen atoms in total. The van der Waals surface area contributed by atoms with E-state index in [-0.39, 0.29) is 11.9 Å². The minimum Gasteiger partial charge on any atom is -0.493 e. The van der Waals surface area contributed by atoms with Gasteiger partial charge in [-0.25, -0.2) is 4.39 Å². The van der Waals surface area contributed by atoms with Crippen LogP contribution in [0.25, 0.3) is 0 Å². The summed E-state index contributed by atoms with van der Waals surface area (Å²) in [6.07, 6.45) is 2.83. The smallest absolute Gasteiger partial charge is 0.162 e. The summed E-state index contributed by atoms with van der Waals surface area (Å²) in [6, 6.07) is 6.92. The van der Waals surface area contributed by atoms with Crippen molar-refractivity contribution in [3.8, 4) is 11.5 Å². The van der Waals surface area contributed by atoms with E-state index >= 15 is 0 Å². The summed E-state index contributed by atoms with van der Waals surface area (Å²) >= 11 is 0. The van der Waals surface area contributed by atoms with Crippen LogP contribution in [-0.4, -0.2) is 19.2 Å². The van der Waals surface area contributed by atoms with Crippen molar-refractivity contribution >= 4 is 5.69 Å². The summed E-state index contributed by atoms with van der Waals surface area (Å²) in [5, 5.41) is 3.27. The van der Waals surface area contributed by atoms with Gasteiger partial charge in [0.2, 0.25) is 0 Å². The lowest BCUT2D eigenvalue weighted by atomic mass is 10.1. The normalized spacial score (nSPS) is 11.8. The molecule has 5 heteroatoms. The van der Waals surface area contributed by atoms with E-state index in [0.29, 0.717) is 11.5 Å². The third kappa shape index (κ3) is 3.17. The Balaban J connectivity index is 2.17. The van der Waals surface area contributed by atoms with Crippen molar-refractivity contribution in [2.24, 2.45) is 0 Å². The van der Waals surface area contributed by atoms with Gasteiger partial charge in [0.05, 0.1) is 26.5 Å². The first-order valence-corrected chi connectivity index (χ1v) is 6.23. The van der Waals surface area contributed by atoms with Crippen molar-refractivity contribution in [3.63, 3.8) is 0 Å². The molecule has 106 valence electrons. The maximum Gasteiger partial charge on any atom is 0.162 e. The van der Waals surface area contributed by atoms with Crippen molar-refractivity contribution in [3.05, 3.63) is 48.0 Å². The van der Waals surface area contributed by atoms with Crippen LogP contribution in [0, 0.1) is 5.82 Å². The summed E-state index contributed by atoms with van der Waals surface area (Å²) in [4.78, 5) is 3.85. The number of nitrogens with zero attached hydrogens (tertiary/aromatic N) is 1. The van der Waals surface area contributed by atoms with Crippen molar-refractivity contribution in [1.29, 1.82) is 0 Å². The van der Waals surface area contributed by atoms with Crippen molar-refractivity contribution < 1.29 is 13.9 Å². The second kappa shape index (κ2) is 6.23. The zero-order chi connectivity index (χ0) is 14.5. The lowest BCUT2D eigenvalue weighted by molar-refractivity contribution is 0.355. The molecule has 2 rings (SSSR count). The Morgan fingerprint density at radius 1 is 1.10 bits per heavy atom. The maximum atomic E-state index is 13.2. The first-order valence-electron chi connectivity index (χ1n) is 6.23. The first kappa shape index (κ1) is 14.1. The average molecular weight is 276 g/mol. The molecule has 1 aromatic carbocycles. The van der Waals surface area contributed by atoms with Gasteiger partial charge in [0.25, 0.3) is 0 Å². The van der Waals surface area contributed by atoms with Gasteiger partial charge in [-0.2, -0.15) is 0 Å². The summed E-state index contributed by atoms with van der Waals surface area (Å²) < 4.78 is 23.6. The van der Waals surface area contributed by atoms with Crippen molar-refractivity contribution in [1.82, 2.24) is 4.98 Å². The highest BCUT2D eigenvalue weighted by Crippen LogP contribution is 2.31. The molecule has 0 saturated carbocycles. The number of hydrogen-bond acceptors (Lipinski definition) is 4. The molecule has 0 radical (unpaired) electrons. The molecule has 0 aliphatic rings. The second-order valence-electron chi connectivity index (χ2n) is 4.37. The number of halogens is 1. The van der Waals surface area contributed by atoms with Gasteiger partial charge in [-0.3, -0.25) is 4.98 Å². The van der Waals surface area contributed by atoms with E-state index in [1.807, 2.05) is 25.1 Å². The number of hydrogen-bond donors (Lipinski definition) is 1. The molecule has 0 amide bonds. The third-order valence-electron chi connectivity index (χ3n) is 2.99. The minimum absolute atomic E-state index is 0.0729. The van der Waals surface area contributed by atoms with Crippen LogP contribution < -0.4 is 14.8 Å². The van der Waals surface area contributed by atoms with Crippen LogP contribution in [0.5, 0.6) is 11.5 Å². The number of methoxy groups -OCH3 is 2. The van der Waals surface area contributed by atoms with Crippen LogP contribution in [0.4, 0.5) is 10.1 Å². The molecule has 1 unspecified atom stereocenters. The zero-order valence-electron chi connectivity index (χ0n) is 11.7. The van der Waals surface area contributed by atoms with Gasteiger partial charge in [-0.05, 0) is 30.7 Å². The summed E-state index contributed by atoms with van der Waals surface area (Å²) in [5.41, 5.74) is 1.64. The van der Waals surface area contributed by atoms with Gasteiger partial charge in [0.1, 0.15) is 5.82 Å². The quantitative estimate of drug-likeness (QED) is 0.908. The van der Waals surface area contributed by atoms with Crippen LogP contribution in [0.2, 0.25) is 0 Å². The average Bonchev–Trinajstić information content (AvgIpc) is 2.47. The summed E-state index contributed by atoms with van der Waals surface area (Å²) in [5.74, 6) is 0.962. The lowest BCUT2D eigenvalue weighted by Gasteiger charge is -2.17. The topological polar surface area (TPSA) is 43.4 Å².